The number of epoxide rings is 2. The number of esters is 1. The molecule has 2 aliphatic heterocycles. The highest BCUT2D eigenvalue weighted by molar-refractivity contribution is 5.66. The van der Waals surface area contributed by atoms with Crippen molar-refractivity contribution in [2.75, 3.05) is 39.6 Å². The van der Waals surface area contributed by atoms with Crippen molar-refractivity contribution in [2.45, 2.75) is 228 Å². The van der Waals surface area contributed by atoms with Crippen molar-refractivity contribution in [3.63, 3.8) is 0 Å². The Hall–Kier alpha value is -0.810. The molecule has 2 heterocycles. The number of ether oxygens (including phenoxy) is 3. The van der Waals surface area contributed by atoms with Gasteiger partial charge in [0, 0.05) is 29.8 Å². The Morgan fingerprint density at radius 2 is 0.859 bits per heavy atom. The van der Waals surface area contributed by atoms with Crippen LogP contribution in [0.3, 0.4) is 0 Å². The molecule has 0 aromatic heterocycles. The summed E-state index contributed by atoms with van der Waals surface area (Å²) in [5.41, 5.74) is 0.878. The van der Waals surface area contributed by atoms with E-state index in [1.54, 1.807) is 6.92 Å². The van der Waals surface area contributed by atoms with E-state index in [9.17, 15) is 30.3 Å². The lowest BCUT2D eigenvalue weighted by molar-refractivity contribution is -0.257. The van der Waals surface area contributed by atoms with Gasteiger partial charge in [0.1, 0.15) is 0 Å². The third-order valence-corrected chi connectivity index (χ3v) is 29.1. The Morgan fingerprint density at radius 1 is 0.451 bits per heavy atom. The summed E-state index contributed by atoms with van der Waals surface area (Å²) in [6, 6.07) is 0. The maximum Gasteiger partial charge on any atom is 0.302 e. The van der Waals surface area contributed by atoms with Gasteiger partial charge >= 0.3 is 5.97 Å². The molecule has 24 atom stereocenters. The highest BCUT2D eigenvalue weighted by Gasteiger charge is 2.75. The minimum absolute atomic E-state index is 0.00469. The van der Waals surface area contributed by atoms with Crippen LogP contribution in [0.25, 0.3) is 0 Å². The van der Waals surface area contributed by atoms with E-state index in [1.807, 2.05) is 0 Å². The van der Waals surface area contributed by atoms with Gasteiger partial charge in [0.25, 0.3) is 0 Å². The quantitative estimate of drug-likeness (QED) is 0.124. The summed E-state index contributed by atoms with van der Waals surface area (Å²) in [7, 11) is 0. The SMILES string of the molecule is CC(=O)OC[C@]12CC[C@@H](C3(C)CO3)C1C1CCC3[C@@]4(C)CC[C@H](O)[C@@](C)(CO)C4CC[C@@]3(C)[C@]1(C)CC2.CC1([C@@H]2CC[C@]3(CO)CC[C@]4(C)C(CCC5[C@@]6(C)CC[C@H](O)[C@@](C)(CO)C6CC[C@]54C)C23)CO1. The molecule has 5 N–H and O–H groups in total. The van der Waals surface area contributed by atoms with Crippen LogP contribution in [0.4, 0.5) is 0 Å². The molecule has 9 heteroatoms. The second-order valence-electron chi connectivity index (χ2n) is 31.0. The average Bonchev–Trinajstić information content (AvgIpc) is 4.18. The van der Waals surface area contributed by atoms with E-state index in [2.05, 4.69) is 69.2 Å². The molecule has 12 aliphatic rings. The van der Waals surface area contributed by atoms with Crippen LogP contribution in [-0.4, -0.2) is 94.6 Å². The number of hydrogen-bond donors (Lipinski definition) is 5. The van der Waals surface area contributed by atoms with E-state index in [-0.39, 0.29) is 85.2 Å². The molecule has 10 unspecified atom stereocenters. The second-order valence-corrected chi connectivity index (χ2v) is 31.0. The first kappa shape index (κ1) is 52.3. The fraction of sp³-hybridized carbons (Fsp3) is 0.984. The third-order valence-electron chi connectivity index (χ3n) is 29.1. The zero-order valence-corrected chi connectivity index (χ0v) is 46.7. The van der Waals surface area contributed by atoms with Crippen LogP contribution >= 0.6 is 0 Å². The Kier molecular flexibility index (Phi) is 12.2. The fourth-order valence-corrected chi connectivity index (χ4v) is 24.3. The van der Waals surface area contributed by atoms with Crippen LogP contribution in [0.15, 0.2) is 0 Å². The summed E-state index contributed by atoms with van der Waals surface area (Å²) in [4.78, 5) is 11.9. The second kappa shape index (κ2) is 16.6. The molecule has 10 saturated carbocycles. The lowest BCUT2D eigenvalue weighted by Crippen LogP contribution is -2.67. The van der Waals surface area contributed by atoms with E-state index in [0.29, 0.717) is 72.4 Å². The topological polar surface area (TPSA) is 153 Å². The van der Waals surface area contributed by atoms with Gasteiger partial charge < -0.3 is 39.7 Å². The molecule has 404 valence electrons. The highest BCUT2D eigenvalue weighted by Crippen LogP contribution is 2.80. The minimum Gasteiger partial charge on any atom is -0.465 e. The minimum atomic E-state index is -0.401. The smallest absolute Gasteiger partial charge is 0.302 e. The van der Waals surface area contributed by atoms with Gasteiger partial charge in [0.2, 0.25) is 0 Å². The van der Waals surface area contributed by atoms with Crippen molar-refractivity contribution in [2.24, 2.45) is 113 Å². The molecule has 0 amide bonds. The molecule has 0 aromatic carbocycles. The van der Waals surface area contributed by atoms with Gasteiger partial charge in [-0.15, -0.1) is 0 Å². The Balaban J connectivity index is 0.000000155. The van der Waals surface area contributed by atoms with E-state index < -0.39 is 11.5 Å². The predicted molar refractivity (Wildman–Crippen MR) is 276 cm³/mol. The Bertz CT molecular complexity index is 2070. The first-order chi connectivity index (χ1) is 33.2. The maximum absolute atomic E-state index is 11.9. The van der Waals surface area contributed by atoms with Gasteiger partial charge in [-0.25, -0.2) is 0 Å². The van der Waals surface area contributed by atoms with Crippen LogP contribution in [0.2, 0.25) is 0 Å². The third kappa shape index (κ3) is 6.81. The first-order valence-corrected chi connectivity index (χ1v) is 29.8. The molecule has 71 heavy (non-hydrogen) atoms. The van der Waals surface area contributed by atoms with Crippen molar-refractivity contribution < 1.29 is 44.5 Å². The van der Waals surface area contributed by atoms with Crippen molar-refractivity contribution in [3.8, 4) is 0 Å². The lowest BCUT2D eigenvalue weighted by Gasteiger charge is -2.73. The molecule has 12 fully saturated rings. The number of carbonyl (C=O) groups is 1. The van der Waals surface area contributed by atoms with Crippen molar-refractivity contribution in [1.29, 1.82) is 0 Å². The summed E-state index contributed by atoms with van der Waals surface area (Å²) in [6.45, 7) is 29.0. The number of aliphatic hydroxyl groups excluding tert-OH is 5. The van der Waals surface area contributed by atoms with E-state index in [1.165, 1.54) is 77.0 Å². The van der Waals surface area contributed by atoms with Gasteiger partial charge in [-0.1, -0.05) is 55.4 Å². The largest absolute Gasteiger partial charge is 0.465 e. The molecule has 0 radical (unpaired) electrons. The van der Waals surface area contributed by atoms with Crippen LogP contribution in [0.5, 0.6) is 0 Å². The molecule has 0 bridgehead atoms. The molecule has 12 rings (SSSR count). The Labute approximate surface area is 429 Å². The van der Waals surface area contributed by atoms with Crippen LogP contribution < -0.4 is 0 Å². The number of carbonyl (C=O) groups excluding carboxylic acids is 1. The summed E-state index contributed by atoms with van der Waals surface area (Å²) in [5.74, 6) is 5.47. The van der Waals surface area contributed by atoms with E-state index in [0.717, 1.165) is 64.6 Å². The lowest BCUT2D eigenvalue weighted by atomic mass is 9.32. The molecular formula is C62H102O9. The monoisotopic (exact) mass is 991 g/mol. The zero-order valence-electron chi connectivity index (χ0n) is 46.7. The van der Waals surface area contributed by atoms with Gasteiger partial charge in [-0.2, -0.15) is 0 Å². The standard InChI is InChI=1S/C32H52O5.C30H50O4/c1-20(34)36-19-32-14-9-22(31(6)18-37-31)26(32)21-7-8-24-27(2)12-11-25(35)28(3,17-33)23(27)10-13-30(24,5)29(21,4)15-16-32;1-25-11-10-23(33)26(2,16-31)21(25)9-12-28(4)22(25)7-6-19-24-20(29(5)18-34-29)8-13-30(24,17-32)15-14-27(19,28)3/h21-26,33,35H,7-19H2,1-6H3;19-24,31-33H,6-18H2,1-5H3/t21?,22-,23?,24?,25+,26?,27+,28+,29-,30-,31?,32-;19?,20-,21?,22?,23+,24?,25+,26+,27-,28-,29?,30-/m11/s1. The number of fused-ring (bicyclic) bond motifs is 14. The molecule has 2 saturated heterocycles. The molecular weight excluding hydrogens is 889 g/mol. The number of rotatable bonds is 7. The molecule has 0 spiro atoms. The molecule has 10 aliphatic carbocycles. The Morgan fingerprint density at radius 3 is 1.25 bits per heavy atom. The number of hydrogen-bond acceptors (Lipinski definition) is 9. The molecule has 0 aromatic rings. The highest BCUT2D eigenvalue weighted by atomic mass is 16.6. The van der Waals surface area contributed by atoms with Crippen LogP contribution in [0.1, 0.15) is 205 Å². The van der Waals surface area contributed by atoms with Crippen molar-refractivity contribution >= 4 is 5.97 Å². The fourth-order valence-electron chi connectivity index (χ4n) is 24.3. The van der Waals surface area contributed by atoms with Crippen molar-refractivity contribution in [1.82, 2.24) is 0 Å². The van der Waals surface area contributed by atoms with Gasteiger partial charge in [0.05, 0.1) is 56.4 Å². The predicted octanol–water partition coefficient (Wildman–Crippen LogP) is 10.9. The van der Waals surface area contributed by atoms with Crippen molar-refractivity contribution in [3.05, 3.63) is 0 Å². The van der Waals surface area contributed by atoms with E-state index >= 15 is 0 Å². The van der Waals surface area contributed by atoms with Crippen LogP contribution in [-0.2, 0) is 19.0 Å². The summed E-state index contributed by atoms with van der Waals surface area (Å²) in [6.07, 6.45) is 22.2. The van der Waals surface area contributed by atoms with Gasteiger partial charge in [-0.05, 0) is 239 Å². The first-order valence-electron chi connectivity index (χ1n) is 29.8. The van der Waals surface area contributed by atoms with Gasteiger partial charge in [-0.3, -0.25) is 4.79 Å². The average molecular weight is 991 g/mol. The summed E-state index contributed by atoms with van der Waals surface area (Å²) < 4.78 is 18.0. The molecule has 9 nitrogen and oxygen atoms in total. The maximum atomic E-state index is 11.9. The number of aliphatic hydroxyl groups is 5. The summed E-state index contributed by atoms with van der Waals surface area (Å²) >= 11 is 0. The zero-order chi connectivity index (χ0) is 51.0. The normalized spacial score (nSPS) is 60.6. The summed E-state index contributed by atoms with van der Waals surface area (Å²) in [5, 5.41) is 53.6. The van der Waals surface area contributed by atoms with Gasteiger partial charge in [0.15, 0.2) is 0 Å². The van der Waals surface area contributed by atoms with Crippen LogP contribution in [0, 0.1) is 113 Å². The van der Waals surface area contributed by atoms with E-state index in [4.69, 9.17) is 14.2 Å².